The minimum Gasteiger partial charge on any atom is -0.344 e. The Hall–Kier alpha value is -7.14. The molecule has 0 aliphatic heterocycles. The SMILES string of the molecule is CC.CC.Cn1c2ccccc2c2cc(N(c3cc4c(c5ccccc35)-c3ccc(-c5cccc6sc7ccccc7c56)cc3C4(C)C)c3cccc4c5ccccc5n(C)c34)ccc21. The number of aryl methyl sites for hydroxylation is 2. The van der Waals surface area contributed by atoms with Crippen molar-refractivity contribution in [2.24, 2.45) is 14.1 Å². The van der Waals surface area contributed by atoms with Crippen molar-refractivity contribution in [3.05, 3.63) is 187 Å². The maximum atomic E-state index is 2.55. The first-order valence-electron chi connectivity index (χ1n) is 23.2. The molecular formula is C61H53N3S. The number of nitrogens with zero attached hydrogens (tertiary/aromatic N) is 3. The Bertz CT molecular complexity index is 3840. The summed E-state index contributed by atoms with van der Waals surface area (Å²) in [4.78, 5) is 2.55. The van der Waals surface area contributed by atoms with Crippen molar-refractivity contribution in [3.8, 4) is 22.3 Å². The van der Waals surface area contributed by atoms with Crippen molar-refractivity contribution in [1.29, 1.82) is 0 Å². The summed E-state index contributed by atoms with van der Waals surface area (Å²) in [6.45, 7) is 12.9. The highest BCUT2D eigenvalue weighted by atomic mass is 32.1. The number of para-hydroxylation sites is 3. The lowest BCUT2D eigenvalue weighted by Gasteiger charge is -2.30. The summed E-state index contributed by atoms with van der Waals surface area (Å²) in [5, 5.41) is 10.2. The van der Waals surface area contributed by atoms with E-state index in [9.17, 15) is 0 Å². The predicted molar refractivity (Wildman–Crippen MR) is 285 cm³/mol. The molecule has 0 N–H and O–H groups in total. The van der Waals surface area contributed by atoms with E-state index in [1.54, 1.807) is 0 Å². The Morgan fingerprint density at radius 2 is 1.03 bits per heavy atom. The molecule has 1 aliphatic rings. The van der Waals surface area contributed by atoms with Crippen molar-refractivity contribution < 1.29 is 0 Å². The number of thiophene rings is 1. The molecule has 1 aliphatic carbocycles. The van der Waals surface area contributed by atoms with Gasteiger partial charge in [0.05, 0.1) is 16.9 Å². The van der Waals surface area contributed by atoms with Crippen LogP contribution in [0.3, 0.4) is 0 Å². The molecule has 0 atom stereocenters. The third-order valence-corrected chi connectivity index (χ3v) is 15.1. The second kappa shape index (κ2) is 15.5. The van der Waals surface area contributed by atoms with Crippen LogP contribution >= 0.6 is 11.3 Å². The molecule has 318 valence electrons. The lowest BCUT2D eigenvalue weighted by Crippen LogP contribution is -2.17. The lowest BCUT2D eigenvalue weighted by atomic mass is 9.80. The summed E-state index contributed by atoms with van der Waals surface area (Å²) in [5.74, 6) is 0. The minimum atomic E-state index is -0.263. The molecule has 0 saturated heterocycles. The van der Waals surface area contributed by atoms with Crippen LogP contribution in [0.5, 0.6) is 0 Å². The number of hydrogen-bond donors (Lipinski definition) is 0. The first-order chi connectivity index (χ1) is 31.9. The number of anilines is 3. The van der Waals surface area contributed by atoms with Crippen LogP contribution in [-0.4, -0.2) is 9.13 Å². The number of aromatic nitrogens is 2. The van der Waals surface area contributed by atoms with Crippen LogP contribution in [-0.2, 0) is 19.5 Å². The summed E-state index contributed by atoms with van der Waals surface area (Å²) in [6, 6.07) is 66.0. The summed E-state index contributed by atoms with van der Waals surface area (Å²) in [7, 11) is 4.40. The molecule has 0 unspecified atom stereocenters. The van der Waals surface area contributed by atoms with Gasteiger partial charge >= 0.3 is 0 Å². The molecule has 13 rings (SSSR count). The van der Waals surface area contributed by atoms with Gasteiger partial charge in [0.1, 0.15) is 0 Å². The molecule has 0 fully saturated rings. The van der Waals surface area contributed by atoms with Gasteiger partial charge in [-0.05, 0) is 99.4 Å². The first-order valence-corrected chi connectivity index (χ1v) is 24.0. The molecule has 0 spiro atoms. The quantitative estimate of drug-likeness (QED) is 0.172. The van der Waals surface area contributed by atoms with Gasteiger partial charge in [-0.25, -0.2) is 0 Å². The van der Waals surface area contributed by atoms with Crippen LogP contribution < -0.4 is 4.90 Å². The Kier molecular flexibility index (Phi) is 9.71. The fourth-order valence-electron chi connectivity index (χ4n) is 11.0. The highest BCUT2D eigenvalue weighted by Crippen LogP contribution is 2.56. The van der Waals surface area contributed by atoms with Crippen molar-refractivity contribution in [2.45, 2.75) is 47.0 Å². The second-order valence-corrected chi connectivity index (χ2v) is 18.5. The number of fused-ring (bicyclic) bond motifs is 14. The first kappa shape index (κ1) is 40.6. The van der Waals surface area contributed by atoms with E-state index in [4.69, 9.17) is 0 Å². The lowest BCUT2D eigenvalue weighted by molar-refractivity contribution is 0.661. The molecule has 0 saturated carbocycles. The van der Waals surface area contributed by atoms with E-state index in [2.05, 4.69) is 218 Å². The van der Waals surface area contributed by atoms with E-state index >= 15 is 0 Å². The number of rotatable bonds is 4. The highest BCUT2D eigenvalue weighted by molar-refractivity contribution is 7.25. The number of benzene rings is 9. The third-order valence-electron chi connectivity index (χ3n) is 13.9. The smallest absolute Gasteiger partial charge is 0.0733 e. The largest absolute Gasteiger partial charge is 0.344 e. The van der Waals surface area contributed by atoms with E-state index < -0.39 is 0 Å². The van der Waals surface area contributed by atoms with Crippen LogP contribution in [0.15, 0.2) is 176 Å². The van der Waals surface area contributed by atoms with Gasteiger partial charge in [0.2, 0.25) is 0 Å². The fraction of sp³-hybridized carbons (Fsp3) is 0.148. The van der Waals surface area contributed by atoms with Gasteiger partial charge in [0.15, 0.2) is 0 Å². The van der Waals surface area contributed by atoms with E-state index in [0.717, 1.165) is 11.4 Å². The Labute approximate surface area is 385 Å². The van der Waals surface area contributed by atoms with Crippen LogP contribution in [0, 0.1) is 0 Å². The van der Waals surface area contributed by atoms with Gasteiger partial charge in [-0.1, -0.05) is 157 Å². The topological polar surface area (TPSA) is 13.1 Å². The average molecular weight is 860 g/mol. The van der Waals surface area contributed by atoms with Crippen molar-refractivity contribution >= 4 is 103 Å². The Morgan fingerprint density at radius 1 is 0.431 bits per heavy atom. The summed E-state index contributed by atoms with van der Waals surface area (Å²) in [5.41, 5.74) is 16.1. The van der Waals surface area contributed by atoms with Crippen LogP contribution in [0.25, 0.3) is 96.8 Å². The summed E-state index contributed by atoms with van der Waals surface area (Å²) in [6.07, 6.45) is 0. The Balaban J connectivity index is 0.00000114. The van der Waals surface area contributed by atoms with E-state index in [1.165, 1.54) is 114 Å². The van der Waals surface area contributed by atoms with E-state index in [0.29, 0.717) is 0 Å². The molecular weight excluding hydrogens is 807 g/mol. The monoisotopic (exact) mass is 859 g/mol. The maximum Gasteiger partial charge on any atom is 0.0733 e. The molecule has 65 heavy (non-hydrogen) atoms. The van der Waals surface area contributed by atoms with Gasteiger partial charge in [-0.15, -0.1) is 11.3 Å². The van der Waals surface area contributed by atoms with Gasteiger partial charge in [-0.3, -0.25) is 0 Å². The fourth-order valence-corrected chi connectivity index (χ4v) is 12.2. The summed E-state index contributed by atoms with van der Waals surface area (Å²) < 4.78 is 7.38. The maximum absolute atomic E-state index is 2.55. The van der Waals surface area contributed by atoms with Gasteiger partial charge in [0, 0.05) is 88.9 Å². The summed E-state index contributed by atoms with van der Waals surface area (Å²) >= 11 is 1.88. The van der Waals surface area contributed by atoms with Crippen LogP contribution in [0.1, 0.15) is 52.7 Å². The zero-order valence-corrected chi connectivity index (χ0v) is 39.3. The van der Waals surface area contributed by atoms with Gasteiger partial charge in [-0.2, -0.15) is 0 Å². The number of hydrogen-bond acceptors (Lipinski definition) is 2. The van der Waals surface area contributed by atoms with Crippen molar-refractivity contribution in [3.63, 3.8) is 0 Å². The molecule has 0 bridgehead atoms. The van der Waals surface area contributed by atoms with Crippen LogP contribution in [0.4, 0.5) is 17.1 Å². The second-order valence-electron chi connectivity index (χ2n) is 17.4. The molecule has 4 heteroatoms. The molecule has 3 aromatic heterocycles. The standard InChI is InChI=1S/C57H41N3S.2C2H6/c1-57(2)45-31-34(36-20-14-26-53-55(36)43-19-9-12-25-52(43)61-53)27-29-42(45)54-40-18-6-5-15-37(40)51(33-46(54)57)60(35-28-30-49-44(32-35)39-17-8-10-22-47(39)58(49)3)50-24-13-21-41-38-16-7-11-23-48(38)59(4)56(41)50;2*1-2/h5-33H,1-4H3;2*1-2H3. The van der Waals surface area contributed by atoms with E-state index in [-0.39, 0.29) is 5.41 Å². The zero-order valence-electron chi connectivity index (χ0n) is 38.5. The average Bonchev–Trinajstić information content (AvgIpc) is 4.05. The minimum absolute atomic E-state index is 0.263. The molecule has 3 nitrogen and oxygen atoms in total. The highest BCUT2D eigenvalue weighted by Gasteiger charge is 2.38. The van der Waals surface area contributed by atoms with Gasteiger partial charge < -0.3 is 14.0 Å². The van der Waals surface area contributed by atoms with Crippen molar-refractivity contribution in [1.82, 2.24) is 9.13 Å². The predicted octanol–water partition coefficient (Wildman–Crippen LogP) is 18.0. The molecule has 12 aromatic rings. The van der Waals surface area contributed by atoms with Crippen LogP contribution in [0.2, 0.25) is 0 Å². The van der Waals surface area contributed by atoms with Crippen molar-refractivity contribution in [2.75, 3.05) is 4.90 Å². The molecule has 9 aromatic carbocycles. The Morgan fingerprint density at radius 3 is 1.80 bits per heavy atom. The normalized spacial score (nSPS) is 12.7. The zero-order chi connectivity index (χ0) is 44.7. The molecule has 0 radical (unpaired) electrons. The van der Waals surface area contributed by atoms with E-state index in [1.807, 2.05) is 39.0 Å². The van der Waals surface area contributed by atoms with Gasteiger partial charge in [0.25, 0.3) is 0 Å². The molecule has 0 amide bonds. The molecule has 3 heterocycles. The third kappa shape index (κ3) is 5.86.